The maximum absolute atomic E-state index is 12.0. The van der Waals surface area contributed by atoms with Crippen LogP contribution in [-0.2, 0) is 4.79 Å². The third-order valence-electron chi connectivity index (χ3n) is 2.80. The highest BCUT2D eigenvalue weighted by Crippen LogP contribution is 2.16. The molecule has 0 aliphatic rings. The highest BCUT2D eigenvalue weighted by atomic mass is 79.9. The molecule has 118 valence electrons. The minimum Gasteiger partial charge on any atom is -0.492 e. The van der Waals surface area contributed by atoms with Crippen LogP contribution in [0.2, 0.25) is 0 Å². The molecule has 0 saturated carbocycles. The molecule has 2 rings (SSSR count). The fourth-order valence-corrected chi connectivity index (χ4v) is 2.57. The molecule has 0 saturated heterocycles. The molecule has 0 fully saturated rings. The summed E-state index contributed by atoms with van der Waals surface area (Å²) >= 11 is 4.61. The van der Waals surface area contributed by atoms with Crippen LogP contribution in [0.5, 0.6) is 5.75 Å². The van der Waals surface area contributed by atoms with Gasteiger partial charge in [-0.15, -0.1) is 10.2 Å². The van der Waals surface area contributed by atoms with Gasteiger partial charge >= 0.3 is 0 Å². The smallest absolute Gasteiger partial charge is 0.232 e. The molecule has 0 bridgehead atoms. The maximum Gasteiger partial charge on any atom is 0.232 e. The van der Waals surface area contributed by atoms with Crippen LogP contribution < -0.4 is 10.6 Å². The monoisotopic (exact) mass is 385 g/mol. The van der Waals surface area contributed by atoms with Gasteiger partial charge in [-0.25, -0.2) is 4.68 Å². The number of amides is 1. The van der Waals surface area contributed by atoms with Crippen molar-refractivity contribution >= 4 is 33.6 Å². The van der Waals surface area contributed by atoms with Gasteiger partial charge in [-0.3, -0.25) is 4.79 Å². The first-order valence-electron chi connectivity index (χ1n) is 6.46. The van der Waals surface area contributed by atoms with Crippen molar-refractivity contribution in [2.75, 3.05) is 31.8 Å². The van der Waals surface area contributed by atoms with Crippen molar-refractivity contribution in [1.29, 1.82) is 0 Å². The van der Waals surface area contributed by atoms with Gasteiger partial charge in [0, 0.05) is 11.5 Å². The van der Waals surface area contributed by atoms with Crippen LogP contribution in [0.25, 0.3) is 0 Å². The van der Waals surface area contributed by atoms with Crippen molar-refractivity contribution in [2.24, 2.45) is 0 Å². The lowest BCUT2D eigenvalue weighted by Crippen LogP contribution is -2.32. The Morgan fingerprint density at radius 1 is 1.45 bits per heavy atom. The van der Waals surface area contributed by atoms with Crippen LogP contribution in [0, 0.1) is 0 Å². The zero-order valence-corrected chi connectivity index (χ0v) is 14.4. The minimum absolute atomic E-state index is 0.0209. The van der Waals surface area contributed by atoms with Gasteiger partial charge in [-0.05, 0) is 24.3 Å². The van der Waals surface area contributed by atoms with Gasteiger partial charge in [0.25, 0.3) is 0 Å². The molecule has 1 aromatic carbocycles. The average molecular weight is 386 g/mol. The van der Waals surface area contributed by atoms with E-state index < -0.39 is 0 Å². The number of nitrogens with zero attached hydrogens (tertiary/aromatic N) is 4. The van der Waals surface area contributed by atoms with Crippen LogP contribution in [0.3, 0.4) is 0 Å². The molecular formula is C13H16BrN5O2S. The quantitative estimate of drug-likeness (QED) is 0.572. The molecule has 22 heavy (non-hydrogen) atoms. The molecule has 0 aliphatic heterocycles. The highest BCUT2D eigenvalue weighted by Gasteiger charge is 2.11. The first kappa shape index (κ1) is 16.6. The number of benzene rings is 1. The molecule has 0 aliphatic carbocycles. The van der Waals surface area contributed by atoms with Crippen LogP contribution in [0.4, 0.5) is 0 Å². The molecule has 7 nitrogen and oxygen atoms in total. The van der Waals surface area contributed by atoms with Crippen molar-refractivity contribution in [1.82, 2.24) is 19.8 Å². The topological polar surface area (TPSA) is 86.3 Å². The summed E-state index contributed by atoms with van der Waals surface area (Å²) in [5.41, 5.74) is 0. The van der Waals surface area contributed by atoms with Crippen LogP contribution in [0.1, 0.15) is 0 Å². The summed E-state index contributed by atoms with van der Waals surface area (Å²) in [6.07, 6.45) is 1.39. The average Bonchev–Trinajstić information content (AvgIpc) is 2.92. The number of nitrogens with two attached hydrogens (primary N) is 1. The molecule has 9 heteroatoms. The van der Waals surface area contributed by atoms with E-state index in [0.717, 1.165) is 10.2 Å². The lowest BCUT2D eigenvalue weighted by molar-refractivity contribution is -0.127. The third-order valence-corrected chi connectivity index (χ3v) is 4.27. The second kappa shape index (κ2) is 8.04. The number of nitrogen functional groups attached to an aromatic ring is 1. The zero-order valence-electron chi connectivity index (χ0n) is 12.0. The SMILES string of the molecule is CN(CCOc1ccc(Br)cc1)C(=O)CSc1nncn1N. The standard InChI is InChI=1S/C13H16BrN5O2S/c1-18(6-7-21-11-4-2-10(14)3-5-11)12(20)8-22-13-17-16-9-19(13)15/h2-5,9H,6-8,15H2,1H3. The second-order valence-electron chi connectivity index (χ2n) is 4.43. The van der Waals surface area contributed by atoms with E-state index in [4.69, 9.17) is 10.6 Å². The number of hydrogen-bond donors (Lipinski definition) is 1. The fraction of sp³-hybridized carbons (Fsp3) is 0.308. The van der Waals surface area contributed by atoms with Crippen LogP contribution in [0.15, 0.2) is 40.2 Å². The van der Waals surface area contributed by atoms with E-state index in [9.17, 15) is 4.79 Å². The molecule has 0 radical (unpaired) electrons. The van der Waals surface area contributed by atoms with Crippen molar-refractivity contribution in [2.45, 2.75) is 5.16 Å². The molecular weight excluding hydrogens is 370 g/mol. The molecule has 0 unspecified atom stereocenters. The minimum atomic E-state index is -0.0209. The summed E-state index contributed by atoms with van der Waals surface area (Å²) in [4.78, 5) is 13.6. The van der Waals surface area contributed by atoms with Crippen molar-refractivity contribution in [3.05, 3.63) is 35.1 Å². The number of carbonyl (C=O) groups is 1. The van der Waals surface area contributed by atoms with Crippen LogP contribution >= 0.6 is 27.7 Å². The molecule has 0 atom stereocenters. The maximum atomic E-state index is 12.0. The third kappa shape index (κ3) is 4.92. The van der Waals surface area contributed by atoms with E-state index in [-0.39, 0.29) is 11.7 Å². The molecule has 0 spiro atoms. The molecule has 1 heterocycles. The van der Waals surface area contributed by atoms with E-state index in [1.54, 1.807) is 11.9 Å². The van der Waals surface area contributed by atoms with E-state index >= 15 is 0 Å². The first-order chi connectivity index (χ1) is 10.6. The summed E-state index contributed by atoms with van der Waals surface area (Å²) in [6.45, 7) is 0.937. The zero-order chi connectivity index (χ0) is 15.9. The fourth-order valence-electron chi connectivity index (χ4n) is 1.53. The van der Waals surface area contributed by atoms with Gasteiger partial charge in [-0.1, -0.05) is 27.7 Å². The number of rotatable bonds is 7. The summed E-state index contributed by atoms with van der Waals surface area (Å²) in [5, 5.41) is 7.97. The van der Waals surface area contributed by atoms with Gasteiger partial charge in [0.1, 0.15) is 18.7 Å². The number of ether oxygens (including phenoxy) is 1. The Labute approximate surface area is 140 Å². The number of carbonyl (C=O) groups excluding carboxylic acids is 1. The van der Waals surface area contributed by atoms with Gasteiger partial charge in [0.2, 0.25) is 11.1 Å². The Bertz CT molecular complexity index is 619. The summed E-state index contributed by atoms with van der Waals surface area (Å²) in [6, 6.07) is 7.55. The van der Waals surface area contributed by atoms with Gasteiger partial charge < -0.3 is 15.5 Å². The number of aromatic nitrogens is 3. The van der Waals surface area contributed by atoms with E-state index in [1.165, 1.54) is 22.8 Å². The summed E-state index contributed by atoms with van der Waals surface area (Å²) < 4.78 is 7.87. The predicted molar refractivity (Wildman–Crippen MR) is 88.2 cm³/mol. The van der Waals surface area contributed by atoms with Crippen molar-refractivity contribution in [3.8, 4) is 5.75 Å². The number of likely N-dealkylation sites (N-methyl/N-ethyl adjacent to an activating group) is 1. The van der Waals surface area contributed by atoms with Crippen molar-refractivity contribution in [3.63, 3.8) is 0 Å². The normalized spacial score (nSPS) is 10.5. The lowest BCUT2D eigenvalue weighted by Gasteiger charge is -2.17. The van der Waals surface area contributed by atoms with Crippen LogP contribution in [-0.4, -0.2) is 51.6 Å². The Balaban J connectivity index is 1.70. The lowest BCUT2D eigenvalue weighted by atomic mass is 10.3. The van der Waals surface area contributed by atoms with E-state index in [0.29, 0.717) is 18.3 Å². The van der Waals surface area contributed by atoms with Gasteiger partial charge in [0.15, 0.2) is 0 Å². The molecule has 1 amide bonds. The number of thioether (sulfide) groups is 1. The Kier molecular flexibility index (Phi) is 6.08. The first-order valence-corrected chi connectivity index (χ1v) is 8.24. The number of halogens is 1. The molecule has 1 aromatic heterocycles. The largest absolute Gasteiger partial charge is 0.492 e. The van der Waals surface area contributed by atoms with E-state index in [1.807, 2.05) is 24.3 Å². The highest BCUT2D eigenvalue weighted by molar-refractivity contribution is 9.10. The Morgan fingerprint density at radius 2 is 2.18 bits per heavy atom. The van der Waals surface area contributed by atoms with Crippen molar-refractivity contribution < 1.29 is 9.53 Å². The van der Waals surface area contributed by atoms with E-state index in [2.05, 4.69) is 26.1 Å². The Morgan fingerprint density at radius 3 is 2.82 bits per heavy atom. The molecule has 2 aromatic rings. The summed E-state index contributed by atoms with van der Waals surface area (Å²) in [7, 11) is 1.74. The summed E-state index contributed by atoms with van der Waals surface area (Å²) in [5.74, 6) is 6.59. The second-order valence-corrected chi connectivity index (χ2v) is 6.29. The van der Waals surface area contributed by atoms with Gasteiger partial charge in [0.05, 0.1) is 12.3 Å². The predicted octanol–water partition coefficient (Wildman–Crippen LogP) is 1.38. The van der Waals surface area contributed by atoms with Gasteiger partial charge in [-0.2, -0.15) is 0 Å². The molecule has 2 N–H and O–H groups in total. The Hall–Kier alpha value is -1.74. The number of hydrogen-bond acceptors (Lipinski definition) is 6.